The van der Waals surface area contributed by atoms with Crippen molar-refractivity contribution in [2.24, 2.45) is 0 Å². The predicted octanol–water partition coefficient (Wildman–Crippen LogP) is 0.240. The van der Waals surface area contributed by atoms with E-state index in [2.05, 4.69) is 0 Å². The van der Waals surface area contributed by atoms with Crippen molar-refractivity contribution in [1.82, 2.24) is 9.21 Å². The first-order chi connectivity index (χ1) is 11.9. The number of hydrogen-bond donors (Lipinski definition) is 1. The number of sulfonamides is 1. The summed E-state index contributed by atoms with van der Waals surface area (Å²) in [5.41, 5.74) is 0. The summed E-state index contributed by atoms with van der Waals surface area (Å²) in [6.45, 7) is 5.78. The van der Waals surface area contributed by atoms with Crippen molar-refractivity contribution in [3.8, 4) is 0 Å². The molecule has 1 atom stereocenters. The van der Waals surface area contributed by atoms with E-state index >= 15 is 0 Å². The third-order valence-corrected chi connectivity index (χ3v) is 7.33. The summed E-state index contributed by atoms with van der Waals surface area (Å²) >= 11 is 5.92. The summed E-state index contributed by atoms with van der Waals surface area (Å²) in [5.74, 6) is 0.193. The molecule has 8 heteroatoms. The lowest BCUT2D eigenvalue weighted by Crippen LogP contribution is -3.19. The molecule has 0 saturated carbocycles. The fourth-order valence-corrected chi connectivity index (χ4v) is 5.35. The normalized spacial score (nSPS) is 21.4. The fraction of sp³-hybridized carbons (Fsp3) is 0.588. The van der Waals surface area contributed by atoms with E-state index in [0.717, 1.165) is 30.8 Å². The topological polar surface area (TPSA) is 62.1 Å². The molecule has 1 aromatic rings. The van der Waals surface area contributed by atoms with Gasteiger partial charge in [-0.3, -0.25) is 4.79 Å². The Hall–Kier alpha value is -1.15. The Morgan fingerprint density at radius 2 is 1.80 bits per heavy atom. The summed E-state index contributed by atoms with van der Waals surface area (Å²) in [5, 5.41) is 0.412. The Bertz CT molecular complexity index is 726. The van der Waals surface area contributed by atoms with Gasteiger partial charge in [-0.25, -0.2) is 8.42 Å². The minimum absolute atomic E-state index is 0.117. The van der Waals surface area contributed by atoms with E-state index in [9.17, 15) is 13.2 Å². The van der Waals surface area contributed by atoms with Gasteiger partial charge in [0.2, 0.25) is 10.0 Å². The number of piperazine rings is 1. The van der Waals surface area contributed by atoms with Crippen LogP contribution in [0.3, 0.4) is 0 Å². The van der Waals surface area contributed by atoms with Gasteiger partial charge >= 0.3 is 0 Å². The molecular formula is C17H25ClN3O3S+. The maximum Gasteiger partial charge on any atom is 0.280 e. The molecule has 0 unspecified atom stereocenters. The molecule has 25 heavy (non-hydrogen) atoms. The summed E-state index contributed by atoms with van der Waals surface area (Å²) in [7, 11) is -3.53. The predicted molar refractivity (Wildman–Crippen MR) is 96.2 cm³/mol. The van der Waals surface area contributed by atoms with Gasteiger partial charge in [-0.1, -0.05) is 17.7 Å². The number of likely N-dealkylation sites (tertiary alicyclic amines) is 1. The largest absolute Gasteiger partial charge is 0.338 e. The van der Waals surface area contributed by atoms with Crippen molar-refractivity contribution >= 4 is 27.5 Å². The quantitative estimate of drug-likeness (QED) is 0.806. The van der Waals surface area contributed by atoms with Gasteiger partial charge < -0.3 is 9.80 Å². The van der Waals surface area contributed by atoms with Gasteiger partial charge in [0.25, 0.3) is 5.91 Å². The molecule has 6 nitrogen and oxygen atoms in total. The number of quaternary nitrogens is 1. The van der Waals surface area contributed by atoms with Crippen LogP contribution >= 0.6 is 11.6 Å². The molecule has 2 fully saturated rings. The maximum absolute atomic E-state index is 12.7. The summed E-state index contributed by atoms with van der Waals surface area (Å²) in [4.78, 5) is 15.9. The zero-order valence-corrected chi connectivity index (χ0v) is 16.0. The van der Waals surface area contributed by atoms with Crippen molar-refractivity contribution in [2.45, 2.75) is 30.7 Å². The molecule has 1 aromatic carbocycles. The first-order valence-electron chi connectivity index (χ1n) is 8.78. The highest BCUT2D eigenvalue weighted by molar-refractivity contribution is 7.89. The van der Waals surface area contributed by atoms with Crippen LogP contribution in [0.2, 0.25) is 5.02 Å². The van der Waals surface area contributed by atoms with Crippen molar-refractivity contribution in [2.75, 3.05) is 39.3 Å². The number of carbonyl (C=O) groups is 1. The number of hydrogen-bond acceptors (Lipinski definition) is 3. The first-order valence-corrected chi connectivity index (χ1v) is 10.6. The number of carbonyl (C=O) groups excluding carboxylic acids is 1. The third-order valence-electron chi connectivity index (χ3n) is 5.20. The van der Waals surface area contributed by atoms with E-state index in [1.54, 1.807) is 18.2 Å². The van der Waals surface area contributed by atoms with Gasteiger partial charge in [-0.05, 0) is 38.0 Å². The standard InChI is InChI=1S/C17H24ClN3O3S/c1-14(17(22)20-7-2-3-8-20)19-9-11-21(12-10-19)25(23,24)16-6-4-5-15(18)13-16/h4-6,13-14H,2-3,7-12H2,1H3/p+1/t14-/m0/s1. The van der Waals surface area contributed by atoms with Crippen molar-refractivity contribution in [3.63, 3.8) is 0 Å². The molecule has 2 heterocycles. The van der Waals surface area contributed by atoms with E-state index < -0.39 is 10.0 Å². The molecule has 0 radical (unpaired) electrons. The van der Waals surface area contributed by atoms with Crippen molar-refractivity contribution in [1.29, 1.82) is 0 Å². The summed E-state index contributed by atoms with van der Waals surface area (Å²) < 4.78 is 27.0. The number of halogens is 1. The van der Waals surface area contributed by atoms with Crippen LogP contribution in [0, 0.1) is 0 Å². The van der Waals surface area contributed by atoms with Gasteiger partial charge in [0.15, 0.2) is 6.04 Å². The molecule has 3 rings (SSSR count). The van der Waals surface area contributed by atoms with Gasteiger partial charge in [0, 0.05) is 18.1 Å². The molecule has 0 aliphatic carbocycles. The van der Waals surface area contributed by atoms with E-state index in [1.165, 1.54) is 10.4 Å². The molecule has 2 aliphatic heterocycles. The SMILES string of the molecule is C[C@@H](C(=O)N1CCCC1)[NH+]1CCN(S(=O)(=O)c2cccc(Cl)c2)CC1. The molecule has 1 N–H and O–H groups in total. The highest BCUT2D eigenvalue weighted by Crippen LogP contribution is 2.19. The van der Waals surface area contributed by atoms with Crippen LogP contribution in [0.25, 0.3) is 0 Å². The van der Waals surface area contributed by atoms with Crippen LogP contribution in [0.1, 0.15) is 19.8 Å². The highest BCUT2D eigenvalue weighted by atomic mass is 35.5. The smallest absolute Gasteiger partial charge is 0.280 e. The van der Waals surface area contributed by atoms with Crippen LogP contribution in [-0.4, -0.2) is 68.8 Å². The zero-order chi connectivity index (χ0) is 18.0. The Labute approximate surface area is 154 Å². The van der Waals surface area contributed by atoms with Crippen LogP contribution < -0.4 is 4.90 Å². The lowest BCUT2D eigenvalue weighted by molar-refractivity contribution is -0.918. The van der Waals surface area contributed by atoms with Crippen LogP contribution in [-0.2, 0) is 14.8 Å². The molecule has 1 amide bonds. The number of rotatable bonds is 4. The molecule has 0 aromatic heterocycles. The Morgan fingerprint density at radius 1 is 1.16 bits per heavy atom. The van der Waals surface area contributed by atoms with Crippen molar-refractivity contribution in [3.05, 3.63) is 29.3 Å². The monoisotopic (exact) mass is 386 g/mol. The number of amides is 1. The second-order valence-corrected chi connectivity index (χ2v) is 9.15. The summed E-state index contributed by atoms with van der Waals surface area (Å²) in [6.07, 6.45) is 2.17. The van der Waals surface area contributed by atoms with E-state index in [-0.39, 0.29) is 16.8 Å². The van der Waals surface area contributed by atoms with Gasteiger partial charge in [0.05, 0.1) is 31.1 Å². The molecule has 0 spiro atoms. The lowest BCUT2D eigenvalue weighted by Gasteiger charge is -2.35. The molecule has 138 valence electrons. The van der Waals surface area contributed by atoms with E-state index in [4.69, 9.17) is 11.6 Å². The minimum Gasteiger partial charge on any atom is -0.338 e. The minimum atomic E-state index is -3.53. The summed E-state index contributed by atoms with van der Waals surface area (Å²) in [6, 6.07) is 6.24. The Balaban J connectivity index is 1.62. The van der Waals surface area contributed by atoms with Crippen molar-refractivity contribution < 1.29 is 18.1 Å². The van der Waals surface area contributed by atoms with Gasteiger partial charge in [0.1, 0.15) is 0 Å². The van der Waals surface area contributed by atoms with Gasteiger partial charge in [-0.15, -0.1) is 0 Å². The zero-order valence-electron chi connectivity index (χ0n) is 14.4. The average molecular weight is 387 g/mol. The Kier molecular flexibility index (Phi) is 5.68. The third kappa shape index (κ3) is 4.00. The fourth-order valence-electron chi connectivity index (χ4n) is 3.61. The Morgan fingerprint density at radius 3 is 2.40 bits per heavy atom. The maximum atomic E-state index is 12.7. The molecule has 0 bridgehead atoms. The van der Waals surface area contributed by atoms with Crippen LogP contribution in [0.4, 0.5) is 0 Å². The second kappa shape index (κ2) is 7.61. The molecule has 2 saturated heterocycles. The first kappa shape index (κ1) is 18.6. The number of benzene rings is 1. The molecular weight excluding hydrogens is 362 g/mol. The van der Waals surface area contributed by atoms with Gasteiger partial charge in [-0.2, -0.15) is 4.31 Å². The van der Waals surface area contributed by atoms with E-state index in [0.29, 0.717) is 31.2 Å². The lowest BCUT2D eigenvalue weighted by atomic mass is 10.2. The average Bonchev–Trinajstić information content (AvgIpc) is 3.15. The van der Waals surface area contributed by atoms with Crippen LogP contribution in [0.5, 0.6) is 0 Å². The number of nitrogens with one attached hydrogen (secondary N) is 1. The van der Waals surface area contributed by atoms with Crippen LogP contribution in [0.15, 0.2) is 29.2 Å². The highest BCUT2D eigenvalue weighted by Gasteiger charge is 2.36. The number of nitrogens with zero attached hydrogens (tertiary/aromatic N) is 2. The molecule has 2 aliphatic rings. The van der Waals surface area contributed by atoms with E-state index in [1.807, 2.05) is 11.8 Å². The second-order valence-electron chi connectivity index (χ2n) is 6.77.